The van der Waals surface area contributed by atoms with Crippen LogP contribution < -0.4 is 15.4 Å². The van der Waals surface area contributed by atoms with Gasteiger partial charge in [-0.2, -0.15) is 5.26 Å². The molecule has 0 saturated heterocycles. The molecular weight excluding hydrogens is 328 g/mol. The highest BCUT2D eigenvalue weighted by Gasteiger charge is 2.08. The third-order valence-corrected chi connectivity index (χ3v) is 3.65. The van der Waals surface area contributed by atoms with Gasteiger partial charge in [-0.25, -0.2) is 4.98 Å². The molecule has 0 spiro atoms. The van der Waals surface area contributed by atoms with Crippen molar-refractivity contribution in [1.82, 2.24) is 4.98 Å². The van der Waals surface area contributed by atoms with E-state index in [1.165, 1.54) is 0 Å². The van der Waals surface area contributed by atoms with Gasteiger partial charge in [-0.15, -0.1) is 0 Å². The van der Waals surface area contributed by atoms with Crippen LogP contribution in [0.4, 0.5) is 17.1 Å². The molecule has 0 fully saturated rings. The largest absolute Gasteiger partial charge is 0.497 e. The van der Waals surface area contributed by atoms with Gasteiger partial charge in [-0.05, 0) is 60.7 Å². The fraction of sp³-hybridized carbons (Fsp3) is 0.0500. The maximum absolute atomic E-state index is 12.3. The molecule has 0 aliphatic heterocycles. The summed E-state index contributed by atoms with van der Waals surface area (Å²) in [5, 5.41) is 14.8. The SMILES string of the molecule is COc1ccc(NC(=O)c2ccc(Nc3ccc(C#N)cc3)cn2)cc1. The van der Waals surface area contributed by atoms with Gasteiger partial charge in [0.2, 0.25) is 0 Å². The van der Waals surface area contributed by atoms with Crippen molar-refractivity contribution in [3.63, 3.8) is 0 Å². The van der Waals surface area contributed by atoms with Gasteiger partial charge in [-0.3, -0.25) is 4.79 Å². The van der Waals surface area contributed by atoms with Crippen LogP contribution in [-0.2, 0) is 0 Å². The van der Waals surface area contributed by atoms with Gasteiger partial charge in [0, 0.05) is 11.4 Å². The Morgan fingerprint density at radius 1 is 0.962 bits per heavy atom. The van der Waals surface area contributed by atoms with E-state index >= 15 is 0 Å². The van der Waals surface area contributed by atoms with Crippen LogP contribution in [0.15, 0.2) is 66.9 Å². The Hall–Kier alpha value is -3.85. The number of nitrogens with one attached hydrogen (secondary N) is 2. The number of hydrogen-bond donors (Lipinski definition) is 2. The van der Waals surface area contributed by atoms with Crippen LogP contribution >= 0.6 is 0 Å². The standard InChI is InChI=1S/C20H16N4O2/c1-26-18-9-6-16(7-10-18)24-20(25)19-11-8-17(13-22-19)23-15-4-2-14(12-21)3-5-15/h2-11,13,23H,1H3,(H,24,25). The minimum Gasteiger partial charge on any atom is -0.497 e. The Labute approximate surface area is 151 Å². The number of aromatic nitrogens is 1. The Morgan fingerprint density at radius 2 is 1.62 bits per heavy atom. The first-order valence-corrected chi connectivity index (χ1v) is 7.86. The minimum absolute atomic E-state index is 0.292. The lowest BCUT2D eigenvalue weighted by molar-refractivity contribution is 0.102. The van der Waals surface area contributed by atoms with E-state index in [4.69, 9.17) is 10.00 Å². The summed E-state index contributed by atoms with van der Waals surface area (Å²) in [5.74, 6) is 0.430. The normalized spacial score (nSPS) is 9.85. The van der Waals surface area contributed by atoms with Crippen molar-refractivity contribution in [1.29, 1.82) is 5.26 Å². The fourth-order valence-corrected chi connectivity index (χ4v) is 2.27. The van der Waals surface area contributed by atoms with Crippen molar-refractivity contribution in [3.8, 4) is 11.8 Å². The number of hydrogen-bond acceptors (Lipinski definition) is 5. The molecule has 2 aromatic carbocycles. The van der Waals surface area contributed by atoms with Crippen molar-refractivity contribution in [2.45, 2.75) is 0 Å². The van der Waals surface area contributed by atoms with Crippen molar-refractivity contribution >= 4 is 23.0 Å². The summed E-state index contributed by atoms with van der Waals surface area (Å²) < 4.78 is 5.09. The second-order valence-corrected chi connectivity index (χ2v) is 5.43. The van der Waals surface area contributed by atoms with E-state index in [0.29, 0.717) is 16.9 Å². The van der Waals surface area contributed by atoms with Crippen LogP contribution in [-0.4, -0.2) is 18.0 Å². The van der Waals surface area contributed by atoms with Gasteiger partial charge >= 0.3 is 0 Å². The Balaban J connectivity index is 1.64. The lowest BCUT2D eigenvalue weighted by Crippen LogP contribution is -2.13. The number of rotatable bonds is 5. The maximum Gasteiger partial charge on any atom is 0.274 e. The van der Waals surface area contributed by atoms with Crippen LogP contribution in [0.1, 0.15) is 16.1 Å². The van der Waals surface area contributed by atoms with Crippen molar-refractivity contribution in [2.75, 3.05) is 17.7 Å². The molecule has 1 aromatic heterocycles. The van der Waals surface area contributed by atoms with Crippen LogP contribution in [0, 0.1) is 11.3 Å². The zero-order valence-corrected chi connectivity index (χ0v) is 14.1. The Bertz CT molecular complexity index is 928. The zero-order chi connectivity index (χ0) is 18.4. The van der Waals surface area contributed by atoms with E-state index in [1.807, 2.05) is 12.1 Å². The number of methoxy groups -OCH3 is 1. The molecule has 6 nitrogen and oxygen atoms in total. The minimum atomic E-state index is -0.292. The molecule has 2 N–H and O–H groups in total. The summed E-state index contributed by atoms with van der Waals surface area (Å²) >= 11 is 0. The monoisotopic (exact) mass is 344 g/mol. The van der Waals surface area contributed by atoms with E-state index in [0.717, 1.165) is 17.1 Å². The van der Waals surface area contributed by atoms with E-state index in [1.54, 1.807) is 61.8 Å². The molecule has 6 heteroatoms. The van der Waals surface area contributed by atoms with Crippen LogP contribution in [0.3, 0.4) is 0 Å². The molecule has 0 unspecified atom stereocenters. The predicted octanol–water partition coefficient (Wildman–Crippen LogP) is 3.96. The molecule has 3 rings (SSSR count). The molecule has 0 aliphatic carbocycles. The van der Waals surface area contributed by atoms with Crippen molar-refractivity contribution in [2.24, 2.45) is 0 Å². The molecule has 128 valence electrons. The summed E-state index contributed by atoms with van der Waals surface area (Å²) in [4.78, 5) is 16.4. The lowest BCUT2D eigenvalue weighted by atomic mass is 10.2. The van der Waals surface area contributed by atoms with Gasteiger partial charge in [0.05, 0.1) is 30.6 Å². The first-order chi connectivity index (χ1) is 12.7. The van der Waals surface area contributed by atoms with Gasteiger partial charge < -0.3 is 15.4 Å². The highest BCUT2D eigenvalue weighted by molar-refractivity contribution is 6.03. The molecule has 1 heterocycles. The molecule has 1 amide bonds. The topological polar surface area (TPSA) is 87.0 Å². The molecule has 0 saturated carbocycles. The Morgan fingerprint density at radius 3 is 2.19 bits per heavy atom. The van der Waals surface area contributed by atoms with E-state index in [-0.39, 0.29) is 5.91 Å². The van der Waals surface area contributed by atoms with E-state index in [9.17, 15) is 4.79 Å². The number of pyridine rings is 1. The van der Waals surface area contributed by atoms with Crippen LogP contribution in [0.5, 0.6) is 5.75 Å². The summed E-state index contributed by atoms with van der Waals surface area (Å²) in [7, 11) is 1.59. The number of anilines is 3. The van der Waals surface area contributed by atoms with E-state index in [2.05, 4.69) is 21.7 Å². The molecule has 0 radical (unpaired) electrons. The number of carbonyl (C=O) groups is 1. The first kappa shape index (κ1) is 17.0. The predicted molar refractivity (Wildman–Crippen MR) is 99.6 cm³/mol. The number of amides is 1. The number of nitrogens with zero attached hydrogens (tertiary/aromatic N) is 2. The third-order valence-electron chi connectivity index (χ3n) is 3.65. The summed E-state index contributed by atoms with van der Waals surface area (Å²) in [6, 6.07) is 19.6. The van der Waals surface area contributed by atoms with Crippen molar-refractivity contribution < 1.29 is 9.53 Å². The van der Waals surface area contributed by atoms with E-state index < -0.39 is 0 Å². The van der Waals surface area contributed by atoms with Crippen molar-refractivity contribution in [3.05, 3.63) is 78.1 Å². The highest BCUT2D eigenvalue weighted by atomic mass is 16.5. The molecule has 26 heavy (non-hydrogen) atoms. The third kappa shape index (κ3) is 4.16. The number of ether oxygens (including phenoxy) is 1. The molecule has 0 aliphatic rings. The quantitative estimate of drug-likeness (QED) is 0.731. The average Bonchev–Trinajstić information content (AvgIpc) is 2.69. The van der Waals surface area contributed by atoms with Crippen LogP contribution in [0.25, 0.3) is 0 Å². The molecular formula is C20H16N4O2. The first-order valence-electron chi connectivity index (χ1n) is 7.86. The molecule has 3 aromatic rings. The summed E-state index contributed by atoms with van der Waals surface area (Å²) in [6.07, 6.45) is 1.58. The summed E-state index contributed by atoms with van der Waals surface area (Å²) in [5.41, 5.74) is 3.15. The average molecular weight is 344 g/mol. The smallest absolute Gasteiger partial charge is 0.274 e. The Kier molecular flexibility index (Phi) is 5.11. The van der Waals surface area contributed by atoms with Gasteiger partial charge in [0.25, 0.3) is 5.91 Å². The van der Waals surface area contributed by atoms with Gasteiger partial charge in [0.15, 0.2) is 0 Å². The lowest BCUT2D eigenvalue weighted by Gasteiger charge is -2.08. The number of nitriles is 1. The molecule has 0 atom stereocenters. The second-order valence-electron chi connectivity index (χ2n) is 5.43. The van der Waals surface area contributed by atoms with Gasteiger partial charge in [0.1, 0.15) is 11.4 Å². The summed E-state index contributed by atoms with van der Waals surface area (Å²) in [6.45, 7) is 0. The number of carbonyl (C=O) groups excluding carboxylic acids is 1. The second kappa shape index (κ2) is 7.81. The number of benzene rings is 2. The zero-order valence-electron chi connectivity index (χ0n) is 14.1. The molecule has 0 bridgehead atoms. The fourth-order valence-electron chi connectivity index (χ4n) is 2.27. The maximum atomic E-state index is 12.3. The van der Waals surface area contributed by atoms with Crippen LogP contribution in [0.2, 0.25) is 0 Å². The highest BCUT2D eigenvalue weighted by Crippen LogP contribution is 2.18. The van der Waals surface area contributed by atoms with Gasteiger partial charge in [-0.1, -0.05) is 0 Å².